The molecule has 0 bridgehead atoms. The van der Waals surface area contributed by atoms with E-state index in [-0.39, 0.29) is 0 Å². The van der Waals surface area contributed by atoms with Crippen molar-refractivity contribution in [3.8, 4) is 56.8 Å². The second-order valence-corrected chi connectivity index (χ2v) is 12.3. The molecule has 0 saturated carbocycles. The quantitative estimate of drug-likeness (QED) is 0.181. The van der Waals surface area contributed by atoms with Gasteiger partial charge in [0, 0.05) is 22.3 Å². The van der Waals surface area contributed by atoms with Gasteiger partial charge in [0.15, 0.2) is 17.5 Å². The Morgan fingerprint density at radius 1 is 0.340 bits per heavy atom. The maximum absolute atomic E-state index is 6.95. The van der Waals surface area contributed by atoms with Crippen LogP contribution in [0.3, 0.4) is 0 Å². The lowest BCUT2D eigenvalue weighted by atomic mass is 9.63. The van der Waals surface area contributed by atoms with Crippen LogP contribution in [0.5, 0.6) is 11.5 Å². The van der Waals surface area contributed by atoms with Gasteiger partial charge in [-0.3, -0.25) is 0 Å². The van der Waals surface area contributed by atoms with Gasteiger partial charge in [0.1, 0.15) is 11.5 Å². The molecule has 0 spiro atoms. The first-order valence-corrected chi connectivity index (χ1v) is 16.8. The van der Waals surface area contributed by atoms with E-state index >= 15 is 0 Å². The molecule has 0 amide bonds. The van der Waals surface area contributed by atoms with Crippen LogP contribution in [0.15, 0.2) is 188 Å². The summed E-state index contributed by atoms with van der Waals surface area (Å²) in [5, 5.41) is 0. The van der Waals surface area contributed by atoms with E-state index in [4.69, 9.17) is 19.7 Å². The monoisotopic (exact) mass is 641 g/mol. The SMILES string of the molecule is c1ccc(-c2nc(-c3ccccc3-c3ccccc3)nc(-c3cccc4c3Oc3ccccc3C4(c3ccccc3)c3ccccc3)n2)cc1. The van der Waals surface area contributed by atoms with Crippen molar-refractivity contribution >= 4 is 0 Å². The van der Waals surface area contributed by atoms with Crippen molar-refractivity contribution in [1.82, 2.24) is 15.0 Å². The Kier molecular flexibility index (Phi) is 7.33. The Hall–Kier alpha value is -6.65. The first-order chi connectivity index (χ1) is 24.8. The van der Waals surface area contributed by atoms with Crippen molar-refractivity contribution < 1.29 is 4.74 Å². The van der Waals surface area contributed by atoms with Gasteiger partial charge < -0.3 is 4.74 Å². The number of ether oxygens (including phenoxy) is 1. The molecular weight excluding hydrogens is 611 g/mol. The minimum atomic E-state index is -0.652. The number of hydrogen-bond acceptors (Lipinski definition) is 4. The van der Waals surface area contributed by atoms with Crippen LogP contribution >= 0.6 is 0 Å². The summed E-state index contributed by atoms with van der Waals surface area (Å²) < 4.78 is 6.95. The van der Waals surface area contributed by atoms with Gasteiger partial charge in [-0.25, -0.2) is 15.0 Å². The van der Waals surface area contributed by atoms with Crippen LogP contribution in [0.25, 0.3) is 45.3 Å². The molecule has 50 heavy (non-hydrogen) atoms. The Labute approximate surface area is 291 Å². The molecule has 4 nitrogen and oxygen atoms in total. The van der Waals surface area contributed by atoms with Crippen LogP contribution in [0, 0.1) is 0 Å². The third kappa shape index (κ3) is 4.89. The normalized spacial score (nSPS) is 12.7. The van der Waals surface area contributed by atoms with Crippen molar-refractivity contribution in [2.75, 3.05) is 0 Å². The van der Waals surface area contributed by atoms with Crippen LogP contribution in [0.4, 0.5) is 0 Å². The number of rotatable bonds is 6. The van der Waals surface area contributed by atoms with Gasteiger partial charge in [-0.2, -0.15) is 0 Å². The summed E-state index contributed by atoms with van der Waals surface area (Å²) in [5.74, 6) is 3.26. The summed E-state index contributed by atoms with van der Waals surface area (Å²) in [6, 6.07) is 64.8. The number of benzene rings is 7. The lowest BCUT2D eigenvalue weighted by Crippen LogP contribution is -2.34. The molecule has 9 rings (SSSR count). The third-order valence-corrected chi connectivity index (χ3v) is 9.50. The molecule has 8 aromatic rings. The fraction of sp³-hybridized carbons (Fsp3) is 0.0217. The minimum Gasteiger partial charge on any atom is -0.456 e. The summed E-state index contributed by atoms with van der Waals surface area (Å²) in [6.45, 7) is 0. The molecule has 2 heterocycles. The predicted molar refractivity (Wildman–Crippen MR) is 200 cm³/mol. The van der Waals surface area contributed by atoms with Gasteiger partial charge in [0.2, 0.25) is 0 Å². The Morgan fingerprint density at radius 2 is 0.800 bits per heavy atom. The van der Waals surface area contributed by atoms with Gasteiger partial charge in [-0.15, -0.1) is 0 Å². The maximum atomic E-state index is 6.95. The zero-order valence-corrected chi connectivity index (χ0v) is 27.1. The van der Waals surface area contributed by atoms with E-state index in [1.165, 1.54) is 0 Å². The second-order valence-electron chi connectivity index (χ2n) is 12.3. The smallest absolute Gasteiger partial charge is 0.167 e. The van der Waals surface area contributed by atoms with Crippen LogP contribution in [0.1, 0.15) is 22.3 Å². The standard InChI is InChI=1S/C46H31N3O/c1-5-18-32(19-6-1)36-26-13-14-27-37(36)44-47-43(33-20-7-2-8-21-33)48-45(49-44)38-28-17-30-40-42(38)50-41-31-16-15-29-39(41)46(40,34-22-9-3-10-23-34)35-24-11-4-12-25-35/h1-31H. The van der Waals surface area contributed by atoms with E-state index in [2.05, 4.69) is 140 Å². The zero-order chi connectivity index (χ0) is 33.3. The molecule has 0 saturated heterocycles. The fourth-order valence-electron chi connectivity index (χ4n) is 7.28. The highest BCUT2D eigenvalue weighted by Crippen LogP contribution is 2.57. The van der Waals surface area contributed by atoms with E-state index < -0.39 is 5.41 Å². The molecule has 1 aromatic heterocycles. The molecular formula is C46H31N3O. The molecule has 7 aromatic carbocycles. The number of hydrogen-bond donors (Lipinski definition) is 0. The van der Waals surface area contributed by atoms with E-state index in [0.29, 0.717) is 17.5 Å². The topological polar surface area (TPSA) is 47.9 Å². The largest absolute Gasteiger partial charge is 0.456 e. The number of aromatic nitrogens is 3. The highest BCUT2D eigenvalue weighted by molar-refractivity contribution is 5.83. The lowest BCUT2D eigenvalue weighted by molar-refractivity contribution is 0.436. The van der Waals surface area contributed by atoms with E-state index in [1.54, 1.807) is 0 Å². The van der Waals surface area contributed by atoms with Crippen molar-refractivity contribution in [3.05, 3.63) is 210 Å². The van der Waals surface area contributed by atoms with E-state index in [9.17, 15) is 0 Å². The Morgan fingerprint density at radius 3 is 1.46 bits per heavy atom. The average Bonchev–Trinajstić information content (AvgIpc) is 3.21. The molecule has 0 N–H and O–H groups in total. The summed E-state index contributed by atoms with van der Waals surface area (Å²) in [6.07, 6.45) is 0. The van der Waals surface area contributed by atoms with Gasteiger partial charge in [-0.1, -0.05) is 176 Å². The van der Waals surface area contributed by atoms with Gasteiger partial charge >= 0.3 is 0 Å². The molecule has 0 fully saturated rings. The van der Waals surface area contributed by atoms with Gasteiger partial charge in [0.05, 0.1) is 11.0 Å². The second kappa shape index (κ2) is 12.4. The molecule has 1 aliphatic heterocycles. The average molecular weight is 642 g/mol. The highest BCUT2D eigenvalue weighted by atomic mass is 16.5. The molecule has 0 radical (unpaired) electrons. The molecule has 1 aliphatic rings. The van der Waals surface area contributed by atoms with Gasteiger partial charge in [-0.05, 0) is 34.4 Å². The van der Waals surface area contributed by atoms with Crippen LogP contribution in [0.2, 0.25) is 0 Å². The van der Waals surface area contributed by atoms with Crippen molar-refractivity contribution in [1.29, 1.82) is 0 Å². The van der Waals surface area contributed by atoms with Crippen molar-refractivity contribution in [2.24, 2.45) is 0 Å². The molecule has 0 unspecified atom stereocenters. The number of fused-ring (bicyclic) bond motifs is 2. The summed E-state index contributed by atoms with van der Waals surface area (Å²) in [7, 11) is 0. The number of nitrogens with zero attached hydrogens (tertiary/aromatic N) is 3. The van der Waals surface area contributed by atoms with Crippen LogP contribution < -0.4 is 4.74 Å². The summed E-state index contributed by atoms with van der Waals surface area (Å²) in [4.78, 5) is 15.5. The molecule has 4 heteroatoms. The predicted octanol–water partition coefficient (Wildman–Crippen LogP) is 11.0. The Balaban J connectivity index is 1.33. The molecule has 236 valence electrons. The minimum absolute atomic E-state index is 0.544. The van der Waals surface area contributed by atoms with Crippen molar-refractivity contribution in [3.63, 3.8) is 0 Å². The molecule has 0 atom stereocenters. The number of para-hydroxylation sites is 2. The van der Waals surface area contributed by atoms with Crippen molar-refractivity contribution in [2.45, 2.75) is 5.41 Å². The van der Waals surface area contributed by atoms with E-state index in [1.807, 2.05) is 48.5 Å². The fourth-order valence-corrected chi connectivity index (χ4v) is 7.28. The molecule has 0 aliphatic carbocycles. The first-order valence-electron chi connectivity index (χ1n) is 16.8. The third-order valence-electron chi connectivity index (χ3n) is 9.50. The lowest BCUT2D eigenvalue weighted by Gasteiger charge is -2.42. The zero-order valence-electron chi connectivity index (χ0n) is 27.1. The van der Waals surface area contributed by atoms with E-state index in [0.717, 1.165) is 61.6 Å². The van der Waals surface area contributed by atoms with Crippen LogP contribution in [-0.2, 0) is 5.41 Å². The Bertz CT molecular complexity index is 2410. The maximum Gasteiger partial charge on any atom is 0.167 e. The van der Waals surface area contributed by atoms with Gasteiger partial charge in [0.25, 0.3) is 0 Å². The summed E-state index contributed by atoms with van der Waals surface area (Å²) in [5.41, 5.74) is 8.55. The first kappa shape index (κ1) is 29.5. The highest BCUT2D eigenvalue weighted by Gasteiger charge is 2.46. The summed E-state index contributed by atoms with van der Waals surface area (Å²) >= 11 is 0. The van der Waals surface area contributed by atoms with Crippen LogP contribution in [-0.4, -0.2) is 15.0 Å².